The van der Waals surface area contributed by atoms with E-state index in [0.29, 0.717) is 17.9 Å². The van der Waals surface area contributed by atoms with Crippen LogP contribution < -0.4 is 16.2 Å². The molecule has 34 heavy (non-hydrogen) atoms. The van der Waals surface area contributed by atoms with Gasteiger partial charge in [-0.25, -0.2) is 4.39 Å². The Morgan fingerprint density at radius 2 is 1.53 bits per heavy atom. The number of nitrogens with one attached hydrogen (secondary N) is 2. The van der Waals surface area contributed by atoms with Crippen molar-refractivity contribution in [2.45, 2.75) is 13.5 Å². The van der Waals surface area contributed by atoms with E-state index in [0.717, 1.165) is 11.1 Å². The molecule has 7 heteroatoms. The second kappa shape index (κ2) is 9.95. The molecule has 1 aromatic heterocycles. The van der Waals surface area contributed by atoms with Gasteiger partial charge in [0.1, 0.15) is 11.4 Å². The highest BCUT2D eigenvalue weighted by molar-refractivity contribution is 6.07. The normalized spacial score (nSPS) is 10.5. The van der Waals surface area contributed by atoms with Gasteiger partial charge in [-0.15, -0.1) is 0 Å². The minimum atomic E-state index is -0.578. The Balaban J connectivity index is 1.50. The molecular formula is C27H22FN3O3. The van der Waals surface area contributed by atoms with Gasteiger partial charge in [-0.1, -0.05) is 42.0 Å². The van der Waals surface area contributed by atoms with Gasteiger partial charge in [0.25, 0.3) is 17.4 Å². The minimum absolute atomic E-state index is 0.00947. The zero-order chi connectivity index (χ0) is 24.1. The van der Waals surface area contributed by atoms with Crippen molar-refractivity contribution in [1.82, 2.24) is 4.57 Å². The van der Waals surface area contributed by atoms with E-state index in [9.17, 15) is 18.8 Å². The maximum atomic E-state index is 13.4. The van der Waals surface area contributed by atoms with E-state index in [-0.39, 0.29) is 11.1 Å². The predicted molar refractivity (Wildman–Crippen MR) is 130 cm³/mol. The summed E-state index contributed by atoms with van der Waals surface area (Å²) in [4.78, 5) is 38.3. The maximum absolute atomic E-state index is 13.4. The number of aromatic nitrogens is 1. The fourth-order valence-corrected chi connectivity index (χ4v) is 3.55. The molecule has 4 rings (SSSR count). The van der Waals surface area contributed by atoms with Crippen LogP contribution in [-0.2, 0) is 6.54 Å². The Morgan fingerprint density at radius 1 is 0.824 bits per heavy atom. The molecule has 0 spiro atoms. The third-order valence-corrected chi connectivity index (χ3v) is 5.17. The number of anilines is 2. The van der Waals surface area contributed by atoms with Crippen molar-refractivity contribution in [1.29, 1.82) is 0 Å². The molecule has 1 heterocycles. The lowest BCUT2D eigenvalue weighted by Gasteiger charge is -2.10. The Labute approximate surface area is 195 Å². The number of benzene rings is 3. The number of halogens is 1. The average molecular weight is 455 g/mol. The Bertz CT molecular complexity index is 1430. The summed E-state index contributed by atoms with van der Waals surface area (Å²) >= 11 is 0. The summed E-state index contributed by atoms with van der Waals surface area (Å²) in [6.07, 6.45) is 1.64. The Hall–Kier alpha value is -4.52. The van der Waals surface area contributed by atoms with Crippen molar-refractivity contribution in [3.05, 3.63) is 130 Å². The van der Waals surface area contributed by atoms with E-state index in [4.69, 9.17) is 0 Å². The van der Waals surface area contributed by atoms with E-state index in [1.807, 2.05) is 31.2 Å². The van der Waals surface area contributed by atoms with Crippen molar-refractivity contribution >= 4 is 23.2 Å². The topological polar surface area (TPSA) is 80.2 Å². The summed E-state index contributed by atoms with van der Waals surface area (Å²) < 4.78 is 14.8. The summed E-state index contributed by atoms with van der Waals surface area (Å²) in [5.74, 6) is -1.50. The van der Waals surface area contributed by atoms with E-state index < -0.39 is 23.2 Å². The molecule has 3 aromatic carbocycles. The van der Waals surface area contributed by atoms with Gasteiger partial charge in [-0.2, -0.15) is 0 Å². The van der Waals surface area contributed by atoms with Crippen LogP contribution in [0.4, 0.5) is 15.8 Å². The van der Waals surface area contributed by atoms with Gasteiger partial charge >= 0.3 is 0 Å². The van der Waals surface area contributed by atoms with Gasteiger partial charge in [-0.05, 0) is 61.0 Å². The molecule has 4 aromatic rings. The minimum Gasteiger partial charge on any atom is -0.322 e. The third kappa shape index (κ3) is 5.45. The molecule has 0 radical (unpaired) electrons. The molecule has 0 fully saturated rings. The van der Waals surface area contributed by atoms with Gasteiger partial charge < -0.3 is 15.2 Å². The van der Waals surface area contributed by atoms with Crippen LogP contribution in [0.5, 0.6) is 0 Å². The number of nitrogens with zero attached hydrogens (tertiary/aromatic N) is 1. The summed E-state index contributed by atoms with van der Waals surface area (Å²) in [6, 6.07) is 22.8. The fourth-order valence-electron chi connectivity index (χ4n) is 3.55. The number of rotatable bonds is 6. The van der Waals surface area contributed by atoms with Gasteiger partial charge in [0.15, 0.2) is 0 Å². The SMILES string of the molecule is Cc1cccc(Cn2cccc(C(=O)Nc3cccc(C(=O)Nc4cccc(F)c4)c3)c2=O)c1. The van der Waals surface area contributed by atoms with E-state index in [1.165, 1.54) is 34.9 Å². The highest BCUT2D eigenvalue weighted by Gasteiger charge is 2.14. The molecule has 6 nitrogen and oxygen atoms in total. The number of hydrogen-bond acceptors (Lipinski definition) is 3. The molecule has 0 atom stereocenters. The second-order valence-electron chi connectivity index (χ2n) is 7.84. The number of amides is 2. The number of carbonyl (C=O) groups is 2. The summed E-state index contributed by atoms with van der Waals surface area (Å²) in [5, 5.41) is 5.29. The van der Waals surface area contributed by atoms with E-state index in [1.54, 1.807) is 36.5 Å². The number of pyridine rings is 1. The first-order chi connectivity index (χ1) is 16.4. The van der Waals surface area contributed by atoms with Crippen molar-refractivity contribution in [2.75, 3.05) is 10.6 Å². The smallest absolute Gasteiger partial charge is 0.263 e. The van der Waals surface area contributed by atoms with Crippen molar-refractivity contribution in [3.8, 4) is 0 Å². The van der Waals surface area contributed by atoms with Crippen LogP contribution in [0, 0.1) is 12.7 Å². The average Bonchev–Trinajstić information content (AvgIpc) is 2.80. The third-order valence-electron chi connectivity index (χ3n) is 5.17. The lowest BCUT2D eigenvalue weighted by molar-refractivity contribution is 0.101. The van der Waals surface area contributed by atoms with Gasteiger partial charge in [-0.3, -0.25) is 14.4 Å². The maximum Gasteiger partial charge on any atom is 0.263 e. The van der Waals surface area contributed by atoms with Crippen molar-refractivity contribution < 1.29 is 14.0 Å². The van der Waals surface area contributed by atoms with Crippen LogP contribution >= 0.6 is 0 Å². The van der Waals surface area contributed by atoms with Gasteiger partial charge in [0, 0.05) is 23.1 Å². The molecule has 0 aliphatic heterocycles. The molecule has 0 aliphatic carbocycles. The molecule has 2 amide bonds. The molecular weight excluding hydrogens is 433 g/mol. The number of carbonyl (C=O) groups excluding carboxylic acids is 2. The van der Waals surface area contributed by atoms with Crippen LogP contribution in [0.2, 0.25) is 0 Å². The molecule has 0 bridgehead atoms. The lowest BCUT2D eigenvalue weighted by Crippen LogP contribution is -2.29. The molecule has 0 saturated heterocycles. The molecule has 0 saturated carbocycles. The predicted octanol–water partition coefficient (Wildman–Crippen LogP) is 4.85. The van der Waals surface area contributed by atoms with Crippen LogP contribution in [0.3, 0.4) is 0 Å². The Morgan fingerprint density at radius 3 is 2.29 bits per heavy atom. The van der Waals surface area contributed by atoms with Crippen molar-refractivity contribution in [2.24, 2.45) is 0 Å². The molecule has 0 unspecified atom stereocenters. The first kappa shape index (κ1) is 22.7. The monoisotopic (exact) mass is 455 g/mol. The lowest BCUT2D eigenvalue weighted by atomic mass is 10.1. The first-order valence-electron chi connectivity index (χ1n) is 10.6. The fraction of sp³-hybridized carbons (Fsp3) is 0.0741. The zero-order valence-electron chi connectivity index (χ0n) is 18.4. The quantitative estimate of drug-likeness (QED) is 0.436. The summed E-state index contributed by atoms with van der Waals surface area (Å²) in [6.45, 7) is 2.32. The highest BCUT2D eigenvalue weighted by atomic mass is 19.1. The zero-order valence-corrected chi connectivity index (χ0v) is 18.4. The van der Waals surface area contributed by atoms with Gasteiger partial charge in [0.2, 0.25) is 0 Å². The molecule has 0 aliphatic rings. The number of aryl methyl sites for hydroxylation is 1. The van der Waals surface area contributed by atoms with E-state index in [2.05, 4.69) is 10.6 Å². The van der Waals surface area contributed by atoms with Gasteiger partial charge in [0.05, 0.1) is 6.54 Å². The molecule has 170 valence electrons. The largest absolute Gasteiger partial charge is 0.322 e. The van der Waals surface area contributed by atoms with Crippen LogP contribution in [0.15, 0.2) is 95.9 Å². The van der Waals surface area contributed by atoms with Crippen molar-refractivity contribution in [3.63, 3.8) is 0 Å². The highest BCUT2D eigenvalue weighted by Crippen LogP contribution is 2.15. The first-order valence-corrected chi connectivity index (χ1v) is 10.6. The summed E-state index contributed by atoms with van der Waals surface area (Å²) in [5.41, 5.74) is 2.55. The van der Waals surface area contributed by atoms with E-state index >= 15 is 0 Å². The standard InChI is InChI=1S/C27H22FN3O3/c1-18-6-2-7-19(14-18)17-31-13-5-12-24(27(31)34)26(33)30-22-10-3-8-20(15-22)25(32)29-23-11-4-9-21(28)16-23/h2-16H,17H2,1H3,(H,29,32)(H,30,33). The van der Waals surface area contributed by atoms with Crippen LogP contribution in [0.1, 0.15) is 31.8 Å². The van der Waals surface area contributed by atoms with Crippen LogP contribution in [-0.4, -0.2) is 16.4 Å². The molecule has 2 N–H and O–H groups in total. The second-order valence-corrected chi connectivity index (χ2v) is 7.84. The number of hydrogen-bond donors (Lipinski definition) is 2. The Kier molecular flexibility index (Phi) is 6.64. The summed E-state index contributed by atoms with van der Waals surface area (Å²) in [7, 11) is 0. The van der Waals surface area contributed by atoms with Crippen LogP contribution in [0.25, 0.3) is 0 Å².